The van der Waals surface area contributed by atoms with Crippen molar-refractivity contribution in [3.63, 3.8) is 0 Å². The van der Waals surface area contributed by atoms with E-state index in [2.05, 4.69) is 10.3 Å². The molecule has 3 N–H and O–H groups in total. The number of hydrogen-bond acceptors (Lipinski definition) is 3. The molecule has 0 radical (unpaired) electrons. The van der Waals surface area contributed by atoms with E-state index in [-0.39, 0.29) is 6.04 Å². The van der Waals surface area contributed by atoms with Crippen LogP contribution in [0.2, 0.25) is 0 Å². The number of hydrazine groups is 1. The van der Waals surface area contributed by atoms with Crippen molar-refractivity contribution in [2.75, 3.05) is 20.6 Å². The Morgan fingerprint density at radius 2 is 2.00 bits per heavy atom. The number of hydrogen-bond donors (Lipinski definition) is 2. The van der Waals surface area contributed by atoms with E-state index in [9.17, 15) is 8.78 Å². The summed E-state index contributed by atoms with van der Waals surface area (Å²) in [6.45, 7) is 0.887. The van der Waals surface area contributed by atoms with Crippen molar-refractivity contribution in [1.82, 2.24) is 10.3 Å². The van der Waals surface area contributed by atoms with Crippen LogP contribution in [0.1, 0.15) is 12.0 Å². The third kappa shape index (κ3) is 4.77. The third-order valence-corrected chi connectivity index (χ3v) is 2.63. The van der Waals surface area contributed by atoms with Crippen molar-refractivity contribution >= 4 is 0 Å². The molecular weight excluding hydrogens is 224 g/mol. The molecule has 0 aromatic heterocycles. The van der Waals surface area contributed by atoms with Gasteiger partial charge in [-0.2, -0.15) is 0 Å². The predicted octanol–water partition coefficient (Wildman–Crippen LogP) is 1.29. The molecule has 0 aliphatic carbocycles. The number of benzene rings is 1. The molecule has 1 rings (SSSR count). The summed E-state index contributed by atoms with van der Waals surface area (Å²) in [5.74, 6) is 3.80. The van der Waals surface area contributed by atoms with Crippen molar-refractivity contribution in [3.8, 4) is 0 Å². The zero-order chi connectivity index (χ0) is 12.8. The fourth-order valence-electron chi connectivity index (χ4n) is 1.61. The monoisotopic (exact) mass is 243 g/mol. The topological polar surface area (TPSA) is 41.3 Å². The van der Waals surface area contributed by atoms with Gasteiger partial charge >= 0.3 is 0 Å². The first-order valence-corrected chi connectivity index (χ1v) is 5.57. The van der Waals surface area contributed by atoms with Crippen LogP contribution in [0.4, 0.5) is 8.78 Å². The lowest BCUT2D eigenvalue weighted by Gasteiger charge is -2.18. The molecule has 0 fully saturated rings. The molecule has 0 saturated heterocycles. The second-order valence-electron chi connectivity index (χ2n) is 4.41. The summed E-state index contributed by atoms with van der Waals surface area (Å²) in [7, 11) is 3.95. The Morgan fingerprint density at radius 1 is 1.29 bits per heavy atom. The van der Waals surface area contributed by atoms with Crippen LogP contribution in [0.3, 0.4) is 0 Å². The van der Waals surface area contributed by atoms with Gasteiger partial charge in [0.05, 0.1) is 0 Å². The first-order valence-electron chi connectivity index (χ1n) is 5.57. The Kier molecular flexibility index (Phi) is 5.47. The van der Waals surface area contributed by atoms with Gasteiger partial charge in [-0.05, 0) is 51.2 Å². The molecule has 1 aromatic carbocycles. The van der Waals surface area contributed by atoms with Crippen LogP contribution in [0.15, 0.2) is 18.2 Å². The van der Waals surface area contributed by atoms with Gasteiger partial charge < -0.3 is 4.90 Å². The van der Waals surface area contributed by atoms with Gasteiger partial charge in [0.2, 0.25) is 0 Å². The fraction of sp³-hybridized carbons (Fsp3) is 0.500. The largest absolute Gasteiger partial charge is 0.309 e. The minimum Gasteiger partial charge on any atom is -0.309 e. The number of rotatable bonds is 6. The van der Waals surface area contributed by atoms with E-state index in [1.165, 1.54) is 6.07 Å². The molecule has 0 spiro atoms. The van der Waals surface area contributed by atoms with Crippen LogP contribution in [0, 0.1) is 11.6 Å². The van der Waals surface area contributed by atoms with Crippen molar-refractivity contribution in [2.45, 2.75) is 18.9 Å². The average Bonchev–Trinajstić information content (AvgIpc) is 2.28. The molecule has 0 aliphatic heterocycles. The standard InChI is InChI=1S/C12H19F2N3/c1-17(2)6-5-10(16-15)7-9-3-4-11(13)12(14)8-9/h3-4,8,10,16H,5-7,15H2,1-2H3. The highest BCUT2D eigenvalue weighted by molar-refractivity contribution is 5.18. The summed E-state index contributed by atoms with van der Waals surface area (Å²) in [6, 6.07) is 4.00. The van der Waals surface area contributed by atoms with E-state index < -0.39 is 11.6 Å². The lowest BCUT2D eigenvalue weighted by molar-refractivity contribution is 0.358. The van der Waals surface area contributed by atoms with E-state index in [4.69, 9.17) is 5.84 Å². The summed E-state index contributed by atoms with van der Waals surface area (Å²) in [4.78, 5) is 2.05. The average molecular weight is 243 g/mol. The van der Waals surface area contributed by atoms with Crippen molar-refractivity contribution in [3.05, 3.63) is 35.4 Å². The van der Waals surface area contributed by atoms with Gasteiger partial charge in [0.15, 0.2) is 11.6 Å². The Hall–Kier alpha value is -1.04. The molecule has 0 saturated carbocycles. The van der Waals surface area contributed by atoms with Gasteiger partial charge in [-0.3, -0.25) is 11.3 Å². The zero-order valence-corrected chi connectivity index (χ0v) is 10.2. The highest BCUT2D eigenvalue weighted by atomic mass is 19.2. The Balaban J connectivity index is 2.57. The summed E-state index contributed by atoms with van der Waals surface area (Å²) >= 11 is 0. The lowest BCUT2D eigenvalue weighted by Crippen LogP contribution is -2.38. The molecule has 0 bridgehead atoms. The SMILES string of the molecule is CN(C)CCC(Cc1ccc(F)c(F)c1)NN. The van der Waals surface area contributed by atoms with E-state index in [0.29, 0.717) is 6.42 Å². The highest BCUT2D eigenvalue weighted by Crippen LogP contribution is 2.11. The molecule has 96 valence electrons. The van der Waals surface area contributed by atoms with E-state index in [1.54, 1.807) is 6.07 Å². The van der Waals surface area contributed by atoms with E-state index in [0.717, 1.165) is 24.6 Å². The molecule has 0 amide bonds. The van der Waals surface area contributed by atoms with Crippen molar-refractivity contribution in [2.24, 2.45) is 5.84 Å². The summed E-state index contributed by atoms with van der Waals surface area (Å²) in [6.07, 6.45) is 1.43. The van der Waals surface area contributed by atoms with Crippen LogP contribution >= 0.6 is 0 Å². The molecule has 0 aliphatic rings. The second kappa shape index (κ2) is 6.64. The molecule has 1 atom stereocenters. The maximum Gasteiger partial charge on any atom is 0.159 e. The van der Waals surface area contributed by atoms with Gasteiger partial charge in [-0.1, -0.05) is 6.07 Å². The molecule has 1 aromatic rings. The summed E-state index contributed by atoms with van der Waals surface area (Å²) < 4.78 is 25.8. The minimum atomic E-state index is -0.820. The van der Waals surface area contributed by atoms with Gasteiger partial charge in [0, 0.05) is 6.04 Å². The van der Waals surface area contributed by atoms with Gasteiger partial charge in [0.1, 0.15) is 0 Å². The summed E-state index contributed by atoms with van der Waals surface area (Å²) in [5.41, 5.74) is 3.44. The Labute approximate surface area is 101 Å². The van der Waals surface area contributed by atoms with Gasteiger partial charge in [-0.15, -0.1) is 0 Å². The number of nitrogens with zero attached hydrogens (tertiary/aromatic N) is 1. The zero-order valence-electron chi connectivity index (χ0n) is 10.2. The number of nitrogens with one attached hydrogen (secondary N) is 1. The van der Waals surface area contributed by atoms with Crippen molar-refractivity contribution < 1.29 is 8.78 Å². The number of nitrogens with two attached hydrogens (primary N) is 1. The van der Waals surface area contributed by atoms with Crippen LogP contribution in [0.5, 0.6) is 0 Å². The molecule has 17 heavy (non-hydrogen) atoms. The third-order valence-electron chi connectivity index (χ3n) is 2.63. The summed E-state index contributed by atoms with van der Waals surface area (Å²) in [5, 5.41) is 0. The Morgan fingerprint density at radius 3 is 2.53 bits per heavy atom. The van der Waals surface area contributed by atoms with Crippen LogP contribution in [-0.2, 0) is 6.42 Å². The van der Waals surface area contributed by atoms with Crippen LogP contribution in [0.25, 0.3) is 0 Å². The first-order chi connectivity index (χ1) is 8.02. The first kappa shape index (κ1) is 14.0. The minimum absolute atomic E-state index is 0.0576. The normalized spacial score (nSPS) is 13.1. The quantitative estimate of drug-likeness (QED) is 0.584. The van der Waals surface area contributed by atoms with Crippen LogP contribution in [-0.4, -0.2) is 31.6 Å². The van der Waals surface area contributed by atoms with Gasteiger partial charge in [-0.25, -0.2) is 8.78 Å². The lowest BCUT2D eigenvalue weighted by atomic mass is 10.0. The Bertz CT molecular complexity index is 356. The molecular formula is C12H19F2N3. The maximum absolute atomic E-state index is 13.0. The van der Waals surface area contributed by atoms with Crippen molar-refractivity contribution in [1.29, 1.82) is 0 Å². The number of halogens is 2. The molecule has 1 unspecified atom stereocenters. The highest BCUT2D eigenvalue weighted by Gasteiger charge is 2.10. The van der Waals surface area contributed by atoms with Gasteiger partial charge in [0.25, 0.3) is 0 Å². The maximum atomic E-state index is 13.0. The smallest absolute Gasteiger partial charge is 0.159 e. The molecule has 3 nitrogen and oxygen atoms in total. The predicted molar refractivity (Wildman–Crippen MR) is 64.3 cm³/mol. The molecule has 0 heterocycles. The van der Waals surface area contributed by atoms with E-state index in [1.807, 2.05) is 14.1 Å². The van der Waals surface area contributed by atoms with E-state index >= 15 is 0 Å². The second-order valence-corrected chi connectivity index (χ2v) is 4.41. The fourth-order valence-corrected chi connectivity index (χ4v) is 1.61. The molecule has 5 heteroatoms. The van der Waals surface area contributed by atoms with Crippen LogP contribution < -0.4 is 11.3 Å².